The molecule has 1 aromatic heterocycles. The second-order valence-electron chi connectivity index (χ2n) is 9.87. The van der Waals surface area contributed by atoms with Gasteiger partial charge in [-0.2, -0.15) is 0 Å². The summed E-state index contributed by atoms with van der Waals surface area (Å²) in [6, 6.07) is 21.2. The molecule has 0 saturated heterocycles. The third kappa shape index (κ3) is 5.71. The number of aromatic nitrogens is 1. The number of hydrogen-bond donors (Lipinski definition) is 1. The van der Waals surface area contributed by atoms with Gasteiger partial charge in [-0.1, -0.05) is 61.7 Å². The number of rotatable bonds is 8. The Morgan fingerprint density at radius 3 is 2.46 bits per heavy atom. The fraction of sp³-hybridized carbons (Fsp3) is 0.300. The summed E-state index contributed by atoms with van der Waals surface area (Å²) in [5.41, 5.74) is 3.56. The van der Waals surface area contributed by atoms with E-state index in [1.165, 1.54) is 24.6 Å². The third-order valence-electron chi connectivity index (χ3n) is 7.31. The Bertz CT molecular complexity index is 1390. The van der Waals surface area contributed by atoms with Crippen LogP contribution >= 0.6 is 0 Å². The smallest absolute Gasteiger partial charge is 0.270 e. The van der Waals surface area contributed by atoms with Crippen molar-refractivity contribution in [3.8, 4) is 0 Å². The lowest BCUT2D eigenvalue weighted by Crippen LogP contribution is -2.36. The molecule has 190 valence electrons. The van der Waals surface area contributed by atoms with E-state index >= 15 is 0 Å². The third-order valence-corrected chi connectivity index (χ3v) is 7.31. The number of hydrogen-bond acceptors (Lipinski definition) is 3. The van der Waals surface area contributed by atoms with Crippen LogP contribution in [0, 0.1) is 15.9 Å². The summed E-state index contributed by atoms with van der Waals surface area (Å²) in [6.07, 6.45) is 7.56. The van der Waals surface area contributed by atoms with Crippen LogP contribution in [0.3, 0.4) is 0 Å². The first kappa shape index (κ1) is 24.7. The molecule has 37 heavy (non-hydrogen) atoms. The van der Waals surface area contributed by atoms with Gasteiger partial charge in [-0.05, 0) is 47.7 Å². The molecule has 1 aliphatic rings. The largest absolute Gasteiger partial charge is 0.353 e. The van der Waals surface area contributed by atoms with Gasteiger partial charge in [0.05, 0.1) is 4.92 Å². The van der Waals surface area contributed by atoms with Crippen LogP contribution in [0.2, 0.25) is 0 Å². The molecule has 1 aliphatic carbocycles. The lowest BCUT2D eigenvalue weighted by molar-refractivity contribution is -0.384. The number of benzene rings is 3. The van der Waals surface area contributed by atoms with Crippen LogP contribution < -0.4 is 5.32 Å². The van der Waals surface area contributed by atoms with Crippen LogP contribution in [0.5, 0.6) is 0 Å². The van der Waals surface area contributed by atoms with Crippen molar-refractivity contribution < 1.29 is 14.1 Å². The minimum Gasteiger partial charge on any atom is -0.353 e. The summed E-state index contributed by atoms with van der Waals surface area (Å²) in [5.74, 6) is -0.794. The highest BCUT2D eigenvalue weighted by atomic mass is 19.1. The van der Waals surface area contributed by atoms with Gasteiger partial charge in [0.1, 0.15) is 5.82 Å². The van der Waals surface area contributed by atoms with E-state index in [0.29, 0.717) is 6.54 Å². The predicted octanol–water partition coefficient (Wildman–Crippen LogP) is 6.71. The van der Waals surface area contributed by atoms with E-state index in [0.717, 1.165) is 53.3 Å². The summed E-state index contributed by atoms with van der Waals surface area (Å²) in [6.45, 7) is 0.583. The molecule has 1 fully saturated rings. The Balaban J connectivity index is 1.57. The number of nitro benzene ring substituents is 1. The van der Waals surface area contributed by atoms with Crippen molar-refractivity contribution >= 4 is 22.5 Å². The van der Waals surface area contributed by atoms with Gasteiger partial charge in [0.2, 0.25) is 5.91 Å². The molecule has 1 amide bonds. The summed E-state index contributed by atoms with van der Waals surface area (Å²) in [7, 11) is 0. The second-order valence-corrected chi connectivity index (χ2v) is 9.87. The second kappa shape index (κ2) is 10.9. The molecule has 3 aromatic carbocycles. The lowest BCUT2D eigenvalue weighted by Gasteiger charge is -2.24. The zero-order chi connectivity index (χ0) is 25.8. The average Bonchev–Trinajstić information content (AvgIpc) is 3.26. The fourth-order valence-corrected chi connectivity index (χ4v) is 5.44. The molecular formula is C30H30FN3O3. The van der Waals surface area contributed by atoms with Gasteiger partial charge >= 0.3 is 0 Å². The monoisotopic (exact) mass is 499 g/mol. The maximum absolute atomic E-state index is 13.8. The molecule has 1 saturated carbocycles. The standard InChI is InChI=1S/C30H30FN3O3/c31-23-13-11-22(12-14-23)26(18-30(35)32-24-9-5-2-6-10-24)28-20-33(19-21-7-3-1-4-8-21)29-16-15-25(34(36)37)17-27(28)29/h1,3-4,7-8,11-17,20,24,26H,2,5-6,9-10,18-19H2,(H,32,35)/t26-/m0/s1. The number of halogens is 1. The van der Waals surface area contributed by atoms with E-state index in [1.54, 1.807) is 24.3 Å². The van der Waals surface area contributed by atoms with E-state index in [9.17, 15) is 19.3 Å². The van der Waals surface area contributed by atoms with Gasteiger partial charge in [0.15, 0.2) is 0 Å². The highest BCUT2D eigenvalue weighted by Crippen LogP contribution is 2.37. The van der Waals surface area contributed by atoms with Crippen molar-refractivity contribution in [2.45, 2.75) is 57.0 Å². The van der Waals surface area contributed by atoms with Crippen molar-refractivity contribution in [2.75, 3.05) is 0 Å². The van der Waals surface area contributed by atoms with Gasteiger partial charge in [-0.3, -0.25) is 14.9 Å². The first-order chi connectivity index (χ1) is 18.0. The van der Waals surface area contributed by atoms with Crippen molar-refractivity contribution in [2.24, 2.45) is 0 Å². The first-order valence-corrected chi connectivity index (χ1v) is 12.8. The number of fused-ring (bicyclic) bond motifs is 1. The van der Waals surface area contributed by atoms with Crippen LogP contribution in [-0.4, -0.2) is 21.4 Å². The van der Waals surface area contributed by atoms with E-state index in [1.807, 2.05) is 36.5 Å². The quantitative estimate of drug-likeness (QED) is 0.216. The molecule has 0 radical (unpaired) electrons. The Labute approximate surface area is 215 Å². The first-order valence-electron chi connectivity index (χ1n) is 12.8. The molecule has 6 nitrogen and oxygen atoms in total. The molecule has 1 atom stereocenters. The average molecular weight is 500 g/mol. The summed E-state index contributed by atoms with van der Waals surface area (Å²) < 4.78 is 15.9. The number of nitrogens with zero attached hydrogens (tertiary/aromatic N) is 2. The van der Waals surface area contributed by atoms with E-state index in [-0.39, 0.29) is 35.8 Å². The number of nitro groups is 1. The number of nitrogens with one attached hydrogen (secondary N) is 1. The van der Waals surface area contributed by atoms with Gasteiger partial charge in [0.25, 0.3) is 5.69 Å². The SMILES string of the molecule is O=C(C[C@@H](c1ccc(F)cc1)c1cn(Cc2ccccc2)c2ccc([N+](=O)[O-])cc12)NC1CCCCC1. The molecule has 1 N–H and O–H groups in total. The van der Waals surface area contributed by atoms with Crippen molar-refractivity contribution in [1.82, 2.24) is 9.88 Å². The van der Waals surface area contributed by atoms with Gasteiger partial charge < -0.3 is 9.88 Å². The zero-order valence-corrected chi connectivity index (χ0v) is 20.6. The van der Waals surface area contributed by atoms with Crippen molar-refractivity contribution in [3.63, 3.8) is 0 Å². The molecule has 0 unspecified atom stereocenters. The van der Waals surface area contributed by atoms with E-state index < -0.39 is 4.92 Å². The van der Waals surface area contributed by atoms with Gasteiger partial charge in [-0.25, -0.2) is 4.39 Å². The van der Waals surface area contributed by atoms with Crippen LogP contribution in [0.4, 0.5) is 10.1 Å². The summed E-state index contributed by atoms with van der Waals surface area (Å²) >= 11 is 0. The molecular weight excluding hydrogens is 469 g/mol. The fourth-order valence-electron chi connectivity index (χ4n) is 5.44. The van der Waals surface area contributed by atoms with Gasteiger partial charge in [0, 0.05) is 54.2 Å². The van der Waals surface area contributed by atoms with Gasteiger partial charge in [-0.15, -0.1) is 0 Å². The molecule has 0 bridgehead atoms. The Morgan fingerprint density at radius 1 is 1.03 bits per heavy atom. The zero-order valence-electron chi connectivity index (χ0n) is 20.6. The predicted molar refractivity (Wildman–Crippen MR) is 142 cm³/mol. The van der Waals surface area contributed by atoms with Crippen LogP contribution in [-0.2, 0) is 11.3 Å². The van der Waals surface area contributed by atoms with E-state index in [4.69, 9.17) is 0 Å². The molecule has 4 aromatic rings. The number of amides is 1. The molecule has 0 spiro atoms. The van der Waals surface area contributed by atoms with Crippen molar-refractivity contribution in [1.29, 1.82) is 0 Å². The summed E-state index contributed by atoms with van der Waals surface area (Å²) in [5, 5.41) is 15.5. The van der Waals surface area contributed by atoms with Crippen LogP contribution in [0.15, 0.2) is 79.0 Å². The number of carbonyl (C=O) groups is 1. The maximum Gasteiger partial charge on any atom is 0.270 e. The minimum absolute atomic E-state index is 0.00396. The Hall–Kier alpha value is -4.00. The van der Waals surface area contributed by atoms with Crippen molar-refractivity contribution in [3.05, 3.63) is 112 Å². The molecule has 1 heterocycles. The molecule has 5 rings (SSSR count). The van der Waals surface area contributed by atoms with E-state index in [2.05, 4.69) is 9.88 Å². The minimum atomic E-state index is -0.402. The highest BCUT2D eigenvalue weighted by Gasteiger charge is 2.26. The van der Waals surface area contributed by atoms with Crippen LogP contribution in [0.1, 0.15) is 61.1 Å². The maximum atomic E-state index is 13.8. The Morgan fingerprint density at radius 2 is 1.76 bits per heavy atom. The van der Waals surface area contributed by atoms with Crippen LogP contribution in [0.25, 0.3) is 10.9 Å². The topological polar surface area (TPSA) is 77.2 Å². The lowest BCUT2D eigenvalue weighted by atomic mass is 9.87. The highest BCUT2D eigenvalue weighted by molar-refractivity contribution is 5.88. The molecule has 7 heteroatoms. The normalized spacial score (nSPS) is 14.9. The summed E-state index contributed by atoms with van der Waals surface area (Å²) in [4.78, 5) is 24.5. The number of carbonyl (C=O) groups excluding carboxylic acids is 1. The molecule has 0 aliphatic heterocycles. The number of non-ortho nitro benzene ring substituents is 1. The Kier molecular flexibility index (Phi) is 7.30.